The van der Waals surface area contributed by atoms with Gasteiger partial charge in [-0.15, -0.1) is 0 Å². The molecule has 0 aromatic carbocycles. The number of carboxylic acid groups (broad SMARTS) is 1. The number of nitrogens with zero attached hydrogens (tertiary/aromatic N) is 10. The van der Waals surface area contributed by atoms with Crippen LogP contribution in [0.15, 0.2) is 0 Å². The van der Waals surface area contributed by atoms with Gasteiger partial charge in [0.2, 0.25) is 30.7 Å². The number of ether oxygens (including phenoxy) is 2. The molecule has 9 N–H and O–H groups in total. The lowest BCUT2D eigenvalue weighted by molar-refractivity contribution is -0.145. The molecule has 1 aliphatic carbocycles. The predicted molar refractivity (Wildman–Crippen MR) is 407 cm³/mol. The average Bonchev–Trinajstić information content (AvgIpc) is 2.57. The number of hydrogen-bond donors (Lipinski definition) is 6. The van der Waals surface area contributed by atoms with E-state index in [-0.39, 0.29) is 29.2 Å². The van der Waals surface area contributed by atoms with E-state index >= 15 is 0 Å². The second kappa shape index (κ2) is 77.8. The second-order valence-electron chi connectivity index (χ2n) is 26.7. The summed E-state index contributed by atoms with van der Waals surface area (Å²) >= 11 is 1.75. The van der Waals surface area contributed by atoms with E-state index in [1.165, 1.54) is 85.1 Å². The summed E-state index contributed by atoms with van der Waals surface area (Å²) in [5.74, 6) is 0.906. The van der Waals surface area contributed by atoms with Crippen LogP contribution in [0, 0.1) is 29.2 Å². The fraction of sp³-hybridized carbons (Fsp3) is 0.930. The molecule has 582 valence electrons. The third kappa shape index (κ3) is 105. The van der Waals surface area contributed by atoms with E-state index < -0.39 is 17.8 Å². The molecule has 22 nitrogen and oxygen atoms in total. The highest BCUT2D eigenvalue weighted by Gasteiger charge is 2.21. The molecule has 6 heterocycles. The minimum atomic E-state index is -2.17. The van der Waals surface area contributed by atoms with Crippen LogP contribution in [0.25, 0.3) is 4.85 Å². The van der Waals surface area contributed by atoms with Gasteiger partial charge in [0.05, 0.1) is 24.7 Å². The number of carbonyl (C=O) groups is 4. The van der Waals surface area contributed by atoms with E-state index in [1.807, 2.05) is 31.3 Å². The maximum atomic E-state index is 10.8. The van der Waals surface area contributed by atoms with Gasteiger partial charge in [-0.05, 0) is 152 Å². The molecule has 3 amide bonds. The van der Waals surface area contributed by atoms with Gasteiger partial charge in [0.1, 0.15) is 0 Å². The van der Waals surface area contributed by atoms with E-state index in [0.29, 0.717) is 19.2 Å². The summed E-state index contributed by atoms with van der Waals surface area (Å²) in [6.45, 7) is 68.8. The minimum Gasteiger partial charge on any atom is -0.481 e. The zero-order valence-electron chi connectivity index (χ0n) is 67.2. The van der Waals surface area contributed by atoms with Crippen LogP contribution in [0.4, 0.5) is 8.78 Å². The van der Waals surface area contributed by atoms with Crippen molar-refractivity contribution in [3.63, 3.8) is 0 Å². The van der Waals surface area contributed by atoms with Crippen molar-refractivity contribution in [2.24, 2.45) is 39.9 Å². The maximum Gasteiger partial charge on any atom is 0.308 e. The van der Waals surface area contributed by atoms with Crippen LogP contribution >= 0.6 is 11.8 Å². The van der Waals surface area contributed by atoms with Gasteiger partial charge in [0, 0.05) is 151 Å². The Labute approximate surface area is 595 Å². The fourth-order valence-corrected chi connectivity index (χ4v) is 6.83. The first kappa shape index (κ1) is 112. The molecule has 6 saturated heterocycles. The molecule has 7 fully saturated rings. The number of hydrogen-bond acceptors (Lipinski definition) is 18. The summed E-state index contributed by atoms with van der Waals surface area (Å²) < 4.78 is 30.5. The number of thioether (sulfide) groups is 1. The maximum absolute atomic E-state index is 10.8. The molecule has 96 heavy (non-hydrogen) atoms. The molecule has 1 saturated carbocycles. The number of morpholine rings is 1. The normalized spacial score (nSPS) is 18.4. The smallest absolute Gasteiger partial charge is 0.308 e. The number of carbonyl (C=O) groups excluding carboxylic acids is 3. The van der Waals surface area contributed by atoms with Crippen molar-refractivity contribution in [3.05, 3.63) is 11.4 Å². The predicted octanol–water partition coefficient (Wildman–Crippen LogP) is 8.77. The van der Waals surface area contributed by atoms with Crippen molar-refractivity contribution in [2.75, 3.05) is 225 Å². The number of likely N-dealkylation sites (N-methyl/N-ethyl adjacent to an activating group) is 6. The molecule has 0 aromatic rings. The molecule has 2 atom stereocenters. The molecule has 0 radical (unpaired) electrons. The Bertz CT molecular complexity index is 1610. The number of piperazine rings is 2. The van der Waals surface area contributed by atoms with Gasteiger partial charge in [0.25, 0.3) is 0 Å². The lowest BCUT2D eigenvalue weighted by Gasteiger charge is -2.33. The molecule has 0 spiro atoms. The number of rotatable bonds is 8. The molecule has 0 bridgehead atoms. The number of halogens is 2. The molecule has 7 rings (SSSR count). The van der Waals surface area contributed by atoms with Crippen molar-refractivity contribution in [3.8, 4) is 0 Å². The molecule has 25 heteroatoms. The standard InChI is InChI=1S/C7H14N2O.C7H16N2.C6H14N2.2C6H13NO.C5H11NO.C5H11N.C5H10O2.C4H11N.C4H10O.C4H8.C3H5N.C3H8O.C2H4F2.C2H5NO.C2H6S/c1-7(10)9-5-3-8(2)4-6-9;1-3-9-6-4-8(2)5-7-9;1-2-8-4-3-6(7)5-8;1-2-7-3-5-8-6-4-7;1-2-7-4-3-6(8)5-7;1-5(2,3)4(6)7;1-5-3-6(2)4-5;1-5(2,3)4(6)7;1-4-5(2)3;1-3-4-5-2;1-4-2-3-4;1-3-4-2;1-2-3-4;2*1-2(3)4;1-3-2/h3-6H2,1-2H3;3-7H2,1-2H3;6H,2-5,7H2,1H3;2-6H2,1H3;6,8H,2-5H2,1H3;1-3H3,(H2,6,7);5H,3-4H2,1-2H3;1-3H3,(H,6,7);4H2,1-3H3;3-4H2,1-2H3;4H,2-3H2,1H3;3H2,1H3;4H,2-3H2,1H3;2H,1H3;1H3,(H2,3,4);1-2H3. The summed E-state index contributed by atoms with van der Waals surface area (Å²) in [6, 6.07) is 0.454. The number of aliphatic hydroxyl groups excluding tert-OH is 2. The highest BCUT2D eigenvalue weighted by atomic mass is 32.2. The molecule has 0 aromatic heterocycles. The van der Waals surface area contributed by atoms with Crippen LogP contribution in [0.1, 0.15) is 170 Å². The largest absolute Gasteiger partial charge is 0.481 e. The highest BCUT2D eigenvalue weighted by molar-refractivity contribution is 7.97. The van der Waals surface area contributed by atoms with Crippen molar-refractivity contribution >= 4 is 35.5 Å². The van der Waals surface area contributed by atoms with Crippen LogP contribution in [0.3, 0.4) is 0 Å². The first-order valence-electron chi connectivity index (χ1n) is 35.3. The van der Waals surface area contributed by atoms with Crippen LogP contribution in [-0.4, -0.2) is 327 Å². The van der Waals surface area contributed by atoms with Crippen molar-refractivity contribution in [1.82, 2.24) is 44.1 Å². The summed E-state index contributed by atoms with van der Waals surface area (Å²) in [5.41, 5.74) is 14.1. The van der Waals surface area contributed by atoms with Crippen LogP contribution in [0.2, 0.25) is 0 Å². The summed E-state index contributed by atoms with van der Waals surface area (Å²) in [6.07, 6.45) is 8.99. The van der Waals surface area contributed by atoms with Gasteiger partial charge < -0.3 is 86.0 Å². The number of methoxy groups -OCH3 is 1. The molecule has 7 aliphatic rings. The van der Waals surface area contributed by atoms with E-state index in [2.05, 4.69) is 140 Å². The number of β-amino-alcohol motifs (C(OH)–C–C–N with tert-alkyl or cyclic N) is 1. The summed E-state index contributed by atoms with van der Waals surface area (Å²) in [5, 5.41) is 25.1. The van der Waals surface area contributed by atoms with Gasteiger partial charge in [-0.25, -0.2) is 15.4 Å². The molecular formula is C71H159F2N13O9S. The number of alkyl halides is 2. The zero-order chi connectivity index (χ0) is 76.8. The van der Waals surface area contributed by atoms with Gasteiger partial charge in [0.15, 0.2) is 0 Å². The summed E-state index contributed by atoms with van der Waals surface area (Å²) in [4.78, 5) is 63.8. The third-order valence-corrected chi connectivity index (χ3v) is 13.9. The van der Waals surface area contributed by atoms with E-state index in [4.69, 9.17) is 42.8 Å². The number of aliphatic hydroxyl groups is 2. The average molecular weight is 1410 g/mol. The van der Waals surface area contributed by atoms with Crippen LogP contribution in [0.5, 0.6) is 0 Å². The van der Waals surface area contributed by atoms with Crippen molar-refractivity contribution < 1.29 is 52.8 Å². The Morgan fingerprint density at radius 1 is 0.646 bits per heavy atom. The first-order chi connectivity index (χ1) is 44.6. The lowest BCUT2D eigenvalue weighted by Crippen LogP contribution is -2.46. The minimum absolute atomic E-state index is 0.0463. The first-order valence-corrected chi connectivity index (χ1v) is 37.0. The third-order valence-electron chi connectivity index (χ3n) is 13.9. The van der Waals surface area contributed by atoms with Crippen molar-refractivity contribution in [1.29, 1.82) is 0 Å². The number of aliphatic carboxylic acids is 1. The number of amides is 3. The second-order valence-corrected chi connectivity index (χ2v) is 27.5. The Balaban J connectivity index is -0.000000121. The monoisotopic (exact) mass is 1410 g/mol. The number of primary amides is 2. The summed E-state index contributed by atoms with van der Waals surface area (Å²) in [7, 11) is 12.2. The van der Waals surface area contributed by atoms with E-state index in [0.717, 1.165) is 136 Å². The fourth-order valence-electron chi connectivity index (χ4n) is 6.83. The molecular weight excluding hydrogens is 1250 g/mol. The van der Waals surface area contributed by atoms with E-state index in [1.54, 1.807) is 67.3 Å². The Morgan fingerprint density at radius 3 is 1.11 bits per heavy atom. The SMILES string of the molecule is CC(=O)N1CCN(C)CC1.CC(C)(C)C(=O)O.CC(C)(C)C(N)=O.CC(F)F.CC(N)=O.CC1CC1.CC1CN(C)C1.CCCO.CCCOC.CCN(C)C.CCN1CCC(N)C1.CCN1CCC(O)C1.CCN1CCN(C)CC1.CCN1CCOCC1.CSC.[C-]#[N+]CC. The topological polar surface area (TPSA) is 259 Å². The van der Waals surface area contributed by atoms with Gasteiger partial charge in [-0.2, -0.15) is 11.8 Å². The lowest BCUT2D eigenvalue weighted by atomic mass is 9.96. The van der Waals surface area contributed by atoms with Gasteiger partial charge >= 0.3 is 5.97 Å². The Morgan fingerprint density at radius 2 is 0.969 bits per heavy atom. The van der Waals surface area contributed by atoms with Crippen molar-refractivity contribution in [2.45, 2.75) is 189 Å². The van der Waals surface area contributed by atoms with E-state index in [9.17, 15) is 28.0 Å². The molecule has 6 aliphatic heterocycles. The zero-order valence-corrected chi connectivity index (χ0v) is 68.0. The number of carboxylic acids is 1. The van der Waals surface area contributed by atoms with Gasteiger partial charge in [-0.3, -0.25) is 24.1 Å². The quantitative estimate of drug-likeness (QED) is 0.124. The van der Waals surface area contributed by atoms with Crippen LogP contribution in [-0.2, 0) is 28.7 Å². The van der Waals surface area contributed by atoms with Gasteiger partial charge in [-0.1, -0.05) is 95.9 Å². The number of nitrogens with two attached hydrogens (primary N) is 3. The number of likely N-dealkylation sites (tertiary alicyclic amines) is 3. The van der Waals surface area contributed by atoms with Crippen LogP contribution < -0.4 is 17.2 Å². The Hall–Kier alpha value is -2.94. The molecule has 2 unspecified atom stereocenters. The highest BCUT2D eigenvalue weighted by Crippen LogP contribution is 2.26. The Kier molecular flexibility index (Phi) is 90.4.